The molecule has 0 saturated carbocycles. The summed E-state index contributed by atoms with van der Waals surface area (Å²) in [7, 11) is 0. The molecule has 0 unspecified atom stereocenters. The molecule has 0 aromatic heterocycles. The summed E-state index contributed by atoms with van der Waals surface area (Å²) in [5.74, 6) is 0.986. The van der Waals surface area contributed by atoms with E-state index in [0.717, 1.165) is 38.0 Å². The third kappa shape index (κ3) is 12.6. The van der Waals surface area contributed by atoms with Crippen LogP contribution in [0.5, 0.6) is 5.75 Å². The summed E-state index contributed by atoms with van der Waals surface area (Å²) >= 11 is 0. The quantitative estimate of drug-likeness (QED) is 0.537. The van der Waals surface area contributed by atoms with E-state index >= 15 is 0 Å². The van der Waals surface area contributed by atoms with E-state index in [1.165, 1.54) is 31.2 Å². The molecule has 0 aliphatic rings. The number of unbranched alkanes of at least 4 members (excludes halogenated alkanes) is 4. The Morgan fingerprint density at radius 3 is 2.26 bits per heavy atom. The zero-order valence-electron chi connectivity index (χ0n) is 14.3. The minimum Gasteiger partial charge on any atom is -0.494 e. The second kappa shape index (κ2) is 16.4. The SMILES string of the molecule is CCCCCCOc1ccc(CCCC[C@H](N)CN)cc1.Cl.Cl. The van der Waals surface area contributed by atoms with Crippen LogP contribution in [-0.2, 0) is 6.42 Å². The van der Waals surface area contributed by atoms with Gasteiger partial charge in [0.1, 0.15) is 5.75 Å². The highest BCUT2D eigenvalue weighted by atomic mass is 35.5. The number of aryl methyl sites for hydroxylation is 1. The van der Waals surface area contributed by atoms with Gasteiger partial charge in [0.05, 0.1) is 6.61 Å². The smallest absolute Gasteiger partial charge is 0.119 e. The van der Waals surface area contributed by atoms with Crippen molar-refractivity contribution in [2.75, 3.05) is 13.2 Å². The molecule has 3 nitrogen and oxygen atoms in total. The van der Waals surface area contributed by atoms with Gasteiger partial charge in [0.25, 0.3) is 0 Å². The molecule has 0 amide bonds. The first-order valence-corrected chi connectivity index (χ1v) is 8.43. The van der Waals surface area contributed by atoms with E-state index in [4.69, 9.17) is 16.2 Å². The van der Waals surface area contributed by atoms with Crippen LogP contribution in [0.4, 0.5) is 0 Å². The van der Waals surface area contributed by atoms with Gasteiger partial charge in [0.15, 0.2) is 0 Å². The van der Waals surface area contributed by atoms with Gasteiger partial charge in [0, 0.05) is 12.6 Å². The van der Waals surface area contributed by atoms with Crippen molar-refractivity contribution in [1.82, 2.24) is 0 Å². The summed E-state index contributed by atoms with van der Waals surface area (Å²) in [5.41, 5.74) is 12.7. The van der Waals surface area contributed by atoms with Crippen molar-refractivity contribution in [2.24, 2.45) is 11.5 Å². The van der Waals surface area contributed by atoms with Crippen LogP contribution in [0, 0.1) is 0 Å². The Morgan fingerprint density at radius 1 is 0.957 bits per heavy atom. The van der Waals surface area contributed by atoms with Crippen molar-refractivity contribution in [3.63, 3.8) is 0 Å². The van der Waals surface area contributed by atoms with Crippen LogP contribution in [-0.4, -0.2) is 19.2 Å². The topological polar surface area (TPSA) is 61.3 Å². The van der Waals surface area contributed by atoms with Crippen molar-refractivity contribution >= 4 is 24.8 Å². The Morgan fingerprint density at radius 2 is 1.65 bits per heavy atom. The van der Waals surface area contributed by atoms with Gasteiger partial charge in [-0.2, -0.15) is 0 Å². The lowest BCUT2D eigenvalue weighted by atomic mass is 10.0. The summed E-state index contributed by atoms with van der Waals surface area (Å²) in [6.07, 6.45) is 9.43. The second-order valence-corrected chi connectivity index (χ2v) is 5.79. The molecule has 0 bridgehead atoms. The predicted molar refractivity (Wildman–Crippen MR) is 105 cm³/mol. The lowest BCUT2D eigenvalue weighted by Crippen LogP contribution is -2.29. The number of hydrogen-bond acceptors (Lipinski definition) is 3. The summed E-state index contributed by atoms with van der Waals surface area (Å²) in [6, 6.07) is 8.67. The van der Waals surface area contributed by atoms with E-state index in [1.807, 2.05) is 0 Å². The first-order chi connectivity index (χ1) is 10.3. The van der Waals surface area contributed by atoms with Crippen LogP contribution in [0.25, 0.3) is 0 Å². The highest BCUT2D eigenvalue weighted by Gasteiger charge is 2.00. The molecular formula is C18H34Cl2N2O. The average molecular weight is 365 g/mol. The molecule has 136 valence electrons. The molecule has 0 aliphatic carbocycles. The van der Waals surface area contributed by atoms with Crippen LogP contribution >= 0.6 is 24.8 Å². The predicted octanol–water partition coefficient (Wildman–Crippen LogP) is 4.49. The Hall–Kier alpha value is -0.480. The van der Waals surface area contributed by atoms with Gasteiger partial charge in [-0.15, -0.1) is 24.8 Å². The molecule has 0 saturated heterocycles. The molecule has 1 aromatic rings. The summed E-state index contributed by atoms with van der Waals surface area (Å²) in [5, 5.41) is 0. The normalized spacial score (nSPS) is 11.3. The standard InChI is InChI=1S/C18H32N2O.2ClH/c1-2-3-4-7-14-21-18-12-10-16(11-13-18)8-5-6-9-17(20)15-19;;/h10-13,17H,2-9,14-15,19-20H2,1H3;2*1H/t17-;;/m0../s1. The summed E-state index contributed by atoms with van der Waals surface area (Å²) in [4.78, 5) is 0. The Kier molecular flexibility index (Phi) is 17.6. The van der Waals surface area contributed by atoms with Gasteiger partial charge in [-0.1, -0.05) is 44.7 Å². The molecule has 5 heteroatoms. The minimum absolute atomic E-state index is 0. The lowest BCUT2D eigenvalue weighted by molar-refractivity contribution is 0.305. The van der Waals surface area contributed by atoms with Crippen LogP contribution in [0.15, 0.2) is 24.3 Å². The van der Waals surface area contributed by atoms with Gasteiger partial charge in [-0.3, -0.25) is 0 Å². The maximum Gasteiger partial charge on any atom is 0.119 e. The fourth-order valence-corrected chi connectivity index (χ4v) is 2.32. The second-order valence-electron chi connectivity index (χ2n) is 5.79. The third-order valence-corrected chi connectivity index (χ3v) is 3.78. The van der Waals surface area contributed by atoms with Crippen LogP contribution in [0.1, 0.15) is 57.4 Å². The number of ether oxygens (including phenoxy) is 1. The van der Waals surface area contributed by atoms with Gasteiger partial charge in [0.2, 0.25) is 0 Å². The fraction of sp³-hybridized carbons (Fsp3) is 0.667. The summed E-state index contributed by atoms with van der Waals surface area (Å²) < 4.78 is 5.75. The molecule has 1 atom stereocenters. The van der Waals surface area contributed by atoms with Gasteiger partial charge in [-0.05, 0) is 43.4 Å². The number of hydrogen-bond donors (Lipinski definition) is 2. The van der Waals surface area contributed by atoms with E-state index in [9.17, 15) is 0 Å². The van der Waals surface area contributed by atoms with Gasteiger partial charge < -0.3 is 16.2 Å². The monoisotopic (exact) mass is 364 g/mol. The molecular weight excluding hydrogens is 331 g/mol. The zero-order chi connectivity index (χ0) is 15.3. The Balaban J connectivity index is 0. The lowest BCUT2D eigenvalue weighted by Gasteiger charge is -2.09. The van der Waals surface area contributed by atoms with Crippen molar-refractivity contribution < 1.29 is 4.74 Å². The summed E-state index contributed by atoms with van der Waals surface area (Å²) in [6.45, 7) is 3.64. The molecule has 4 N–H and O–H groups in total. The first-order valence-electron chi connectivity index (χ1n) is 8.43. The zero-order valence-corrected chi connectivity index (χ0v) is 16.0. The highest BCUT2D eigenvalue weighted by Crippen LogP contribution is 2.15. The third-order valence-electron chi connectivity index (χ3n) is 3.78. The van der Waals surface area contributed by atoms with Crippen LogP contribution in [0.2, 0.25) is 0 Å². The molecule has 0 heterocycles. The van der Waals surface area contributed by atoms with Gasteiger partial charge >= 0.3 is 0 Å². The van der Waals surface area contributed by atoms with Crippen molar-refractivity contribution in [3.8, 4) is 5.75 Å². The van der Waals surface area contributed by atoms with E-state index in [2.05, 4.69) is 31.2 Å². The number of halogens is 2. The van der Waals surface area contributed by atoms with Crippen molar-refractivity contribution in [2.45, 2.75) is 64.3 Å². The maximum absolute atomic E-state index is 5.81. The van der Waals surface area contributed by atoms with E-state index in [1.54, 1.807) is 0 Å². The minimum atomic E-state index is 0. The maximum atomic E-state index is 5.81. The number of rotatable bonds is 12. The molecule has 23 heavy (non-hydrogen) atoms. The number of nitrogens with two attached hydrogens (primary N) is 2. The molecule has 0 fully saturated rings. The fourth-order valence-electron chi connectivity index (χ4n) is 2.32. The van der Waals surface area contributed by atoms with E-state index < -0.39 is 0 Å². The molecule has 0 radical (unpaired) electrons. The number of benzene rings is 1. The van der Waals surface area contributed by atoms with Crippen molar-refractivity contribution in [3.05, 3.63) is 29.8 Å². The molecule has 1 aromatic carbocycles. The molecule has 1 rings (SSSR count). The molecule has 0 aliphatic heterocycles. The highest BCUT2D eigenvalue weighted by molar-refractivity contribution is 5.85. The van der Waals surface area contributed by atoms with Gasteiger partial charge in [-0.25, -0.2) is 0 Å². The van der Waals surface area contributed by atoms with E-state index in [-0.39, 0.29) is 30.9 Å². The Labute approximate surface area is 154 Å². The first kappa shape index (κ1) is 24.8. The van der Waals surface area contributed by atoms with Crippen molar-refractivity contribution in [1.29, 1.82) is 0 Å². The average Bonchev–Trinajstić information content (AvgIpc) is 2.52. The Bertz CT molecular complexity index is 361. The largest absolute Gasteiger partial charge is 0.494 e. The van der Waals surface area contributed by atoms with E-state index in [0.29, 0.717) is 6.54 Å². The van der Waals surface area contributed by atoms with Crippen LogP contribution in [0.3, 0.4) is 0 Å². The molecule has 0 spiro atoms. The van der Waals surface area contributed by atoms with Crippen LogP contribution < -0.4 is 16.2 Å².